The molecular formula is C11H11NO3. The van der Waals surface area contributed by atoms with Gasteiger partial charge >= 0.3 is 5.97 Å². The monoisotopic (exact) mass is 205 g/mol. The lowest BCUT2D eigenvalue weighted by Crippen LogP contribution is -2.51. The SMILES string of the molecule is O=C1C[C@H](COC(=O)c2ccccc2)N1. The quantitative estimate of drug-likeness (QED) is 0.584. The molecule has 0 saturated carbocycles. The summed E-state index contributed by atoms with van der Waals surface area (Å²) in [5.74, 6) is -0.340. The fraction of sp³-hybridized carbons (Fsp3) is 0.273. The van der Waals surface area contributed by atoms with Gasteiger partial charge in [-0.1, -0.05) is 18.2 Å². The van der Waals surface area contributed by atoms with Gasteiger partial charge < -0.3 is 10.1 Å². The van der Waals surface area contributed by atoms with Gasteiger partial charge in [0.15, 0.2) is 0 Å². The number of β-lactam (4-membered cyclic amide) rings is 1. The van der Waals surface area contributed by atoms with Crippen LogP contribution in [0.4, 0.5) is 0 Å². The van der Waals surface area contributed by atoms with E-state index >= 15 is 0 Å². The summed E-state index contributed by atoms with van der Waals surface area (Å²) >= 11 is 0. The van der Waals surface area contributed by atoms with Gasteiger partial charge in [0, 0.05) is 0 Å². The number of carbonyl (C=O) groups excluding carboxylic acids is 2. The lowest BCUT2D eigenvalue weighted by Gasteiger charge is -2.26. The molecule has 15 heavy (non-hydrogen) atoms. The number of benzene rings is 1. The zero-order valence-corrected chi connectivity index (χ0v) is 8.10. The summed E-state index contributed by atoms with van der Waals surface area (Å²) in [5.41, 5.74) is 0.531. The Morgan fingerprint density at radius 2 is 2.07 bits per heavy atom. The average Bonchev–Trinajstić information content (AvgIpc) is 2.23. The topological polar surface area (TPSA) is 55.4 Å². The Morgan fingerprint density at radius 1 is 1.40 bits per heavy atom. The summed E-state index contributed by atoms with van der Waals surface area (Å²) in [4.78, 5) is 22.0. The Kier molecular flexibility index (Phi) is 2.67. The Labute approximate surface area is 87.2 Å². The van der Waals surface area contributed by atoms with E-state index in [2.05, 4.69) is 5.32 Å². The number of nitrogens with one attached hydrogen (secondary N) is 1. The minimum Gasteiger partial charge on any atom is -0.460 e. The summed E-state index contributed by atoms with van der Waals surface area (Å²) < 4.78 is 5.03. The van der Waals surface area contributed by atoms with Crippen molar-refractivity contribution in [2.75, 3.05) is 6.61 Å². The van der Waals surface area contributed by atoms with Crippen LogP contribution >= 0.6 is 0 Å². The molecule has 1 fully saturated rings. The van der Waals surface area contributed by atoms with E-state index in [1.807, 2.05) is 6.07 Å². The minimum atomic E-state index is -0.350. The van der Waals surface area contributed by atoms with Crippen LogP contribution in [0, 0.1) is 0 Å². The van der Waals surface area contributed by atoms with Gasteiger partial charge in [0.05, 0.1) is 18.0 Å². The smallest absolute Gasteiger partial charge is 0.338 e. The molecule has 0 aromatic heterocycles. The van der Waals surface area contributed by atoms with Crippen molar-refractivity contribution in [3.05, 3.63) is 35.9 Å². The molecule has 1 saturated heterocycles. The second-order valence-electron chi connectivity index (χ2n) is 3.43. The molecular weight excluding hydrogens is 194 g/mol. The molecule has 0 radical (unpaired) electrons. The Balaban J connectivity index is 1.80. The van der Waals surface area contributed by atoms with E-state index in [-0.39, 0.29) is 24.5 Å². The zero-order chi connectivity index (χ0) is 10.7. The number of carbonyl (C=O) groups is 2. The molecule has 1 heterocycles. The molecule has 0 spiro atoms. The molecule has 4 nitrogen and oxygen atoms in total. The van der Waals surface area contributed by atoms with Crippen LogP contribution in [0.2, 0.25) is 0 Å². The Bertz CT molecular complexity index is 367. The highest BCUT2D eigenvalue weighted by Gasteiger charge is 2.26. The van der Waals surface area contributed by atoms with Crippen molar-refractivity contribution in [3.63, 3.8) is 0 Å². The fourth-order valence-corrected chi connectivity index (χ4v) is 1.36. The van der Waals surface area contributed by atoms with Crippen LogP contribution in [-0.4, -0.2) is 24.5 Å². The first kappa shape index (κ1) is 9.71. The molecule has 0 unspecified atom stereocenters. The predicted octanol–water partition coefficient (Wildman–Crippen LogP) is 0.732. The minimum absolute atomic E-state index is 0.00911. The van der Waals surface area contributed by atoms with Crippen molar-refractivity contribution in [2.24, 2.45) is 0 Å². The molecule has 0 bridgehead atoms. The van der Waals surface area contributed by atoms with Gasteiger partial charge in [0.25, 0.3) is 0 Å². The first-order chi connectivity index (χ1) is 7.25. The molecule has 4 heteroatoms. The second kappa shape index (κ2) is 4.13. The zero-order valence-electron chi connectivity index (χ0n) is 8.10. The van der Waals surface area contributed by atoms with E-state index in [1.54, 1.807) is 24.3 Å². The molecule has 1 amide bonds. The van der Waals surface area contributed by atoms with E-state index in [0.29, 0.717) is 12.0 Å². The van der Waals surface area contributed by atoms with E-state index in [4.69, 9.17) is 4.74 Å². The summed E-state index contributed by atoms with van der Waals surface area (Å²) in [6.45, 7) is 0.249. The maximum atomic E-state index is 11.4. The molecule has 1 atom stereocenters. The van der Waals surface area contributed by atoms with Gasteiger partial charge in [-0.25, -0.2) is 4.79 Å². The number of ether oxygens (including phenoxy) is 1. The number of rotatable bonds is 3. The number of hydrogen-bond donors (Lipinski definition) is 1. The Morgan fingerprint density at radius 3 is 2.67 bits per heavy atom. The van der Waals surface area contributed by atoms with Crippen LogP contribution in [0.5, 0.6) is 0 Å². The third kappa shape index (κ3) is 2.34. The number of amides is 1. The van der Waals surface area contributed by atoms with Crippen molar-refractivity contribution in [1.29, 1.82) is 0 Å². The first-order valence-electron chi connectivity index (χ1n) is 4.77. The highest BCUT2D eigenvalue weighted by molar-refractivity contribution is 5.89. The molecule has 1 aliphatic rings. The van der Waals surface area contributed by atoms with Crippen molar-refractivity contribution >= 4 is 11.9 Å². The highest BCUT2D eigenvalue weighted by atomic mass is 16.5. The molecule has 1 aromatic rings. The van der Waals surface area contributed by atoms with Crippen LogP contribution in [0.25, 0.3) is 0 Å². The fourth-order valence-electron chi connectivity index (χ4n) is 1.36. The van der Waals surface area contributed by atoms with Crippen molar-refractivity contribution < 1.29 is 14.3 Å². The van der Waals surface area contributed by atoms with E-state index < -0.39 is 0 Å². The van der Waals surface area contributed by atoms with Gasteiger partial charge in [-0.15, -0.1) is 0 Å². The standard InChI is InChI=1S/C11H11NO3/c13-10-6-9(12-10)7-15-11(14)8-4-2-1-3-5-8/h1-5,9H,6-7H2,(H,12,13)/t9-/m1/s1. The molecule has 2 rings (SSSR count). The predicted molar refractivity (Wildman–Crippen MR) is 53.3 cm³/mol. The Hall–Kier alpha value is -1.84. The van der Waals surface area contributed by atoms with Gasteiger partial charge in [-0.2, -0.15) is 0 Å². The van der Waals surface area contributed by atoms with Crippen molar-refractivity contribution in [3.8, 4) is 0 Å². The normalized spacial score (nSPS) is 18.9. The van der Waals surface area contributed by atoms with Crippen LogP contribution in [-0.2, 0) is 9.53 Å². The largest absolute Gasteiger partial charge is 0.460 e. The lowest BCUT2D eigenvalue weighted by atomic mass is 10.1. The van der Waals surface area contributed by atoms with Crippen LogP contribution in [0.3, 0.4) is 0 Å². The van der Waals surface area contributed by atoms with E-state index in [0.717, 1.165) is 0 Å². The van der Waals surface area contributed by atoms with Crippen molar-refractivity contribution in [1.82, 2.24) is 5.32 Å². The first-order valence-corrected chi connectivity index (χ1v) is 4.77. The second-order valence-corrected chi connectivity index (χ2v) is 3.43. The molecule has 78 valence electrons. The summed E-state index contributed by atoms with van der Waals surface area (Å²) in [6, 6.07) is 8.78. The van der Waals surface area contributed by atoms with E-state index in [9.17, 15) is 9.59 Å². The summed E-state index contributed by atoms with van der Waals surface area (Å²) in [5, 5.41) is 2.63. The van der Waals surface area contributed by atoms with Gasteiger partial charge in [0.2, 0.25) is 5.91 Å². The maximum Gasteiger partial charge on any atom is 0.338 e. The van der Waals surface area contributed by atoms with Gasteiger partial charge in [0.1, 0.15) is 6.61 Å². The summed E-state index contributed by atoms with van der Waals surface area (Å²) in [6.07, 6.45) is 0.446. The van der Waals surface area contributed by atoms with Crippen LogP contribution < -0.4 is 5.32 Å². The molecule has 1 aliphatic heterocycles. The molecule has 0 aliphatic carbocycles. The molecule has 1 aromatic carbocycles. The summed E-state index contributed by atoms with van der Waals surface area (Å²) in [7, 11) is 0. The van der Waals surface area contributed by atoms with Crippen molar-refractivity contribution in [2.45, 2.75) is 12.5 Å². The maximum absolute atomic E-state index is 11.4. The van der Waals surface area contributed by atoms with Crippen LogP contribution in [0.1, 0.15) is 16.8 Å². The number of esters is 1. The lowest BCUT2D eigenvalue weighted by molar-refractivity contribution is -0.129. The third-order valence-corrected chi connectivity index (χ3v) is 2.22. The third-order valence-electron chi connectivity index (χ3n) is 2.22. The highest BCUT2D eigenvalue weighted by Crippen LogP contribution is 2.06. The molecule has 1 N–H and O–H groups in total. The van der Waals surface area contributed by atoms with E-state index in [1.165, 1.54) is 0 Å². The average molecular weight is 205 g/mol. The van der Waals surface area contributed by atoms with Crippen LogP contribution in [0.15, 0.2) is 30.3 Å². The van der Waals surface area contributed by atoms with Gasteiger partial charge in [-0.3, -0.25) is 4.79 Å². The number of hydrogen-bond acceptors (Lipinski definition) is 3. The van der Waals surface area contributed by atoms with Gasteiger partial charge in [-0.05, 0) is 12.1 Å².